The van der Waals surface area contributed by atoms with Crippen LogP contribution in [0.2, 0.25) is 0 Å². The molecular weight excluding hydrogens is 289 g/mol. The maximum atomic E-state index is 13.0. The quantitative estimate of drug-likeness (QED) is 0.792. The van der Waals surface area contributed by atoms with Crippen molar-refractivity contribution in [2.24, 2.45) is 0 Å². The summed E-state index contributed by atoms with van der Waals surface area (Å²) < 4.78 is 38.9. The van der Waals surface area contributed by atoms with Crippen LogP contribution in [0.15, 0.2) is 36.4 Å². The van der Waals surface area contributed by atoms with E-state index in [1.165, 1.54) is 0 Å². The van der Waals surface area contributed by atoms with E-state index < -0.39 is 22.9 Å². The molecule has 2 aromatic rings. The molecule has 0 saturated carbocycles. The lowest BCUT2D eigenvalue weighted by atomic mass is 9.77. The first-order chi connectivity index (χ1) is 10.0. The molecule has 0 atom stereocenters. The molecule has 0 unspecified atom stereocenters. The van der Waals surface area contributed by atoms with Crippen LogP contribution in [0.1, 0.15) is 41.7 Å². The molecule has 0 bridgehead atoms. The predicted molar refractivity (Wildman–Crippen MR) is 81.2 cm³/mol. The molecule has 2 aromatic carbocycles. The van der Waals surface area contributed by atoms with Crippen LogP contribution in [-0.2, 0) is 11.6 Å². The summed E-state index contributed by atoms with van der Waals surface area (Å²) in [7, 11) is 0. The molecule has 0 radical (unpaired) electrons. The van der Waals surface area contributed by atoms with Crippen LogP contribution in [0.4, 0.5) is 13.2 Å². The molecule has 0 amide bonds. The minimum absolute atomic E-state index is 0.515. The van der Waals surface area contributed by atoms with Crippen LogP contribution in [0.5, 0.6) is 5.75 Å². The Balaban J connectivity index is 2.56. The van der Waals surface area contributed by atoms with Crippen molar-refractivity contribution in [2.75, 3.05) is 0 Å². The summed E-state index contributed by atoms with van der Waals surface area (Å²) in [5, 5.41) is 9.47. The number of rotatable bonds is 2. The van der Waals surface area contributed by atoms with Gasteiger partial charge in [0.05, 0.1) is 5.56 Å². The molecule has 0 aliphatic carbocycles. The highest BCUT2D eigenvalue weighted by Gasteiger charge is 2.35. The molecule has 22 heavy (non-hydrogen) atoms. The normalized spacial score (nSPS) is 12.5. The minimum atomic E-state index is -4.57. The molecule has 0 fully saturated rings. The van der Waals surface area contributed by atoms with Gasteiger partial charge in [0, 0.05) is 5.41 Å². The van der Waals surface area contributed by atoms with Crippen molar-refractivity contribution in [3.63, 3.8) is 0 Å². The highest BCUT2D eigenvalue weighted by molar-refractivity contribution is 5.46. The van der Waals surface area contributed by atoms with Gasteiger partial charge in [0.1, 0.15) is 5.75 Å². The van der Waals surface area contributed by atoms with E-state index in [0.717, 1.165) is 28.8 Å². The number of benzene rings is 2. The fraction of sp³-hybridized carbons (Fsp3) is 0.333. The Kier molecular flexibility index (Phi) is 3.98. The van der Waals surface area contributed by atoms with Crippen molar-refractivity contribution in [3.8, 4) is 5.75 Å². The minimum Gasteiger partial charge on any atom is -0.507 e. The van der Waals surface area contributed by atoms with E-state index in [-0.39, 0.29) is 0 Å². The van der Waals surface area contributed by atoms with Gasteiger partial charge in [-0.2, -0.15) is 13.2 Å². The Morgan fingerprint density at radius 1 is 0.818 bits per heavy atom. The molecule has 0 spiro atoms. The Morgan fingerprint density at radius 2 is 1.36 bits per heavy atom. The number of aromatic hydroxyl groups is 1. The third-order valence-corrected chi connectivity index (χ3v) is 4.25. The molecule has 2 rings (SSSR count). The smallest absolute Gasteiger partial charge is 0.419 e. The SMILES string of the molecule is Cc1ccc(C(C)(C)c2ccc(O)c(C(F)(F)F)c2)cc1C. The third kappa shape index (κ3) is 2.96. The van der Waals surface area contributed by atoms with Crippen LogP contribution in [0.25, 0.3) is 0 Å². The van der Waals surface area contributed by atoms with Gasteiger partial charge in [0.25, 0.3) is 0 Å². The standard InChI is InChI=1S/C18H19F3O/c1-11-5-6-13(9-12(11)2)17(3,4)14-7-8-16(22)15(10-14)18(19,20)21/h5-10,22H,1-4H3. The molecule has 4 heteroatoms. The lowest BCUT2D eigenvalue weighted by molar-refractivity contribution is -0.138. The molecule has 0 aromatic heterocycles. The zero-order valence-electron chi connectivity index (χ0n) is 13.0. The van der Waals surface area contributed by atoms with Crippen LogP contribution in [0.3, 0.4) is 0 Å². The van der Waals surface area contributed by atoms with E-state index >= 15 is 0 Å². The second-order valence-electron chi connectivity index (χ2n) is 6.15. The first-order valence-corrected chi connectivity index (χ1v) is 7.02. The van der Waals surface area contributed by atoms with Crippen molar-refractivity contribution < 1.29 is 18.3 Å². The maximum Gasteiger partial charge on any atom is 0.419 e. The van der Waals surface area contributed by atoms with Gasteiger partial charge < -0.3 is 5.11 Å². The molecule has 118 valence electrons. The van der Waals surface area contributed by atoms with Gasteiger partial charge in [-0.25, -0.2) is 0 Å². The highest BCUT2D eigenvalue weighted by Crippen LogP contribution is 2.40. The number of aryl methyl sites for hydroxylation is 2. The van der Waals surface area contributed by atoms with Gasteiger partial charge in [-0.3, -0.25) is 0 Å². The van der Waals surface area contributed by atoms with Crippen LogP contribution in [0, 0.1) is 13.8 Å². The van der Waals surface area contributed by atoms with Crippen molar-refractivity contribution in [1.29, 1.82) is 0 Å². The van der Waals surface area contributed by atoms with Gasteiger partial charge in [-0.05, 0) is 48.2 Å². The van der Waals surface area contributed by atoms with Gasteiger partial charge in [-0.15, -0.1) is 0 Å². The summed E-state index contributed by atoms with van der Waals surface area (Å²) in [6, 6.07) is 9.58. The van der Waals surface area contributed by atoms with Crippen LogP contribution >= 0.6 is 0 Å². The maximum absolute atomic E-state index is 13.0. The van der Waals surface area contributed by atoms with E-state index in [9.17, 15) is 18.3 Å². The fourth-order valence-electron chi connectivity index (χ4n) is 2.45. The largest absolute Gasteiger partial charge is 0.507 e. The van der Waals surface area contributed by atoms with E-state index in [1.807, 2.05) is 45.9 Å². The van der Waals surface area contributed by atoms with Gasteiger partial charge in [-0.1, -0.05) is 38.1 Å². The highest BCUT2D eigenvalue weighted by atomic mass is 19.4. The average Bonchev–Trinajstić information content (AvgIpc) is 2.40. The summed E-state index contributed by atoms with van der Waals surface area (Å²) in [6.45, 7) is 7.73. The Bertz CT molecular complexity index is 700. The molecule has 1 N–H and O–H groups in total. The molecule has 0 aliphatic heterocycles. The zero-order valence-corrected chi connectivity index (χ0v) is 13.0. The van der Waals surface area contributed by atoms with Gasteiger partial charge in [0.2, 0.25) is 0 Å². The summed E-state index contributed by atoms with van der Waals surface area (Å²) >= 11 is 0. The molecule has 0 saturated heterocycles. The van der Waals surface area contributed by atoms with E-state index in [1.54, 1.807) is 6.07 Å². The second-order valence-corrected chi connectivity index (χ2v) is 6.15. The number of hydrogen-bond acceptors (Lipinski definition) is 1. The number of hydrogen-bond donors (Lipinski definition) is 1. The first-order valence-electron chi connectivity index (χ1n) is 7.02. The summed E-state index contributed by atoms with van der Waals surface area (Å²) in [5.41, 5.74) is 2.10. The van der Waals surface area contributed by atoms with Crippen molar-refractivity contribution in [3.05, 3.63) is 64.2 Å². The van der Waals surface area contributed by atoms with Crippen molar-refractivity contribution >= 4 is 0 Å². The lowest BCUT2D eigenvalue weighted by Gasteiger charge is -2.28. The summed E-state index contributed by atoms with van der Waals surface area (Å²) in [5.74, 6) is -0.743. The summed E-state index contributed by atoms with van der Waals surface area (Å²) in [6.07, 6.45) is -4.57. The average molecular weight is 308 g/mol. The first kappa shape index (κ1) is 16.4. The predicted octanol–water partition coefficient (Wildman–Crippen LogP) is 5.35. The van der Waals surface area contributed by atoms with Crippen LogP contribution in [-0.4, -0.2) is 5.11 Å². The topological polar surface area (TPSA) is 20.2 Å². The number of phenols is 1. The van der Waals surface area contributed by atoms with Gasteiger partial charge in [0.15, 0.2) is 0 Å². The zero-order chi connectivity index (χ0) is 16.7. The van der Waals surface area contributed by atoms with Crippen molar-refractivity contribution in [1.82, 2.24) is 0 Å². The van der Waals surface area contributed by atoms with E-state index in [2.05, 4.69) is 0 Å². The fourth-order valence-corrected chi connectivity index (χ4v) is 2.45. The van der Waals surface area contributed by atoms with E-state index in [0.29, 0.717) is 5.56 Å². The van der Waals surface area contributed by atoms with E-state index in [4.69, 9.17) is 0 Å². The molecule has 1 nitrogen and oxygen atoms in total. The Morgan fingerprint density at radius 3 is 1.91 bits per heavy atom. The molecular formula is C18H19F3O. The molecule has 0 heterocycles. The second kappa shape index (κ2) is 5.34. The number of phenolic OH excluding ortho intramolecular Hbond substituents is 1. The Labute approximate surface area is 128 Å². The Hall–Kier alpha value is -1.97. The van der Waals surface area contributed by atoms with Crippen LogP contribution < -0.4 is 0 Å². The summed E-state index contributed by atoms with van der Waals surface area (Å²) in [4.78, 5) is 0. The third-order valence-electron chi connectivity index (χ3n) is 4.25. The number of halogens is 3. The van der Waals surface area contributed by atoms with Crippen molar-refractivity contribution in [2.45, 2.75) is 39.3 Å². The number of alkyl halides is 3. The van der Waals surface area contributed by atoms with Gasteiger partial charge >= 0.3 is 6.18 Å². The lowest BCUT2D eigenvalue weighted by Crippen LogP contribution is -2.20. The molecule has 0 aliphatic rings. The monoisotopic (exact) mass is 308 g/mol.